The van der Waals surface area contributed by atoms with Gasteiger partial charge in [0, 0.05) is 38.2 Å². The molecule has 5 heteroatoms. The van der Waals surface area contributed by atoms with Gasteiger partial charge >= 0.3 is 0 Å². The van der Waals surface area contributed by atoms with Gasteiger partial charge < -0.3 is 8.83 Å². The topological polar surface area (TPSA) is 65.0 Å². The lowest BCUT2D eigenvalue weighted by atomic mass is 9.55. The first-order valence-electron chi connectivity index (χ1n) is 17.1. The van der Waals surface area contributed by atoms with E-state index in [0.717, 1.165) is 60.6 Å². The van der Waals surface area contributed by atoms with Crippen molar-refractivity contribution in [1.29, 1.82) is 0 Å². The summed E-state index contributed by atoms with van der Waals surface area (Å²) < 4.78 is 12.8. The number of nitrogens with zero attached hydrogens (tertiary/aromatic N) is 3. The molecule has 1 aliphatic carbocycles. The number of para-hydroxylation sites is 1. The zero-order valence-electron chi connectivity index (χ0n) is 28.3. The van der Waals surface area contributed by atoms with Crippen molar-refractivity contribution in [3.63, 3.8) is 0 Å². The second kappa shape index (κ2) is 10.2. The predicted octanol–water partition coefficient (Wildman–Crippen LogP) is 11.9. The van der Waals surface area contributed by atoms with Crippen molar-refractivity contribution in [2.75, 3.05) is 0 Å². The second-order valence-electron chi connectivity index (χ2n) is 14.5. The van der Waals surface area contributed by atoms with Crippen LogP contribution in [0.4, 0.5) is 0 Å². The van der Waals surface area contributed by atoms with E-state index in [0.29, 0.717) is 17.5 Å². The fraction of sp³-hybridized carbons (Fsp3) is 0.133. The molecule has 1 aliphatic rings. The minimum absolute atomic E-state index is 0.0522. The molecule has 5 nitrogen and oxygen atoms in total. The molecule has 0 unspecified atom stereocenters. The number of rotatable bonds is 3. The molecule has 0 atom stereocenters. The Balaban J connectivity index is 1.20. The van der Waals surface area contributed by atoms with Crippen LogP contribution in [0.1, 0.15) is 38.8 Å². The number of fused-ring (bicyclic) bond motifs is 9. The van der Waals surface area contributed by atoms with Crippen LogP contribution in [0.5, 0.6) is 0 Å². The van der Waals surface area contributed by atoms with Gasteiger partial charge in [-0.25, -0.2) is 15.0 Å². The Labute approximate surface area is 289 Å². The van der Waals surface area contributed by atoms with E-state index >= 15 is 0 Å². The Bertz CT molecular complexity index is 2820. The SMILES string of the molecule is CC1(C)c2ccccc2-c2cc3c(cc2C1(C)C)oc1ccc(-c2nc(-c4ccccc4)nc(-c4cccc5oc6ccccc6c45)n2)cc13. The molecule has 0 amide bonds. The normalized spacial score (nSPS) is 14.7. The Hall–Kier alpha value is -6.07. The molecule has 6 aromatic carbocycles. The average Bonchev–Trinajstić information content (AvgIpc) is 3.71. The van der Waals surface area contributed by atoms with Crippen molar-refractivity contribution in [2.45, 2.75) is 38.5 Å². The molecule has 240 valence electrons. The highest BCUT2D eigenvalue weighted by Crippen LogP contribution is 2.55. The van der Waals surface area contributed by atoms with Gasteiger partial charge in [-0.3, -0.25) is 0 Å². The molecule has 0 radical (unpaired) electrons. The largest absolute Gasteiger partial charge is 0.456 e. The third-order valence-corrected chi connectivity index (χ3v) is 11.3. The van der Waals surface area contributed by atoms with Gasteiger partial charge in [-0.15, -0.1) is 0 Å². The lowest BCUT2D eigenvalue weighted by Crippen LogP contribution is -2.43. The van der Waals surface area contributed by atoms with E-state index in [4.69, 9.17) is 23.8 Å². The van der Waals surface area contributed by atoms with E-state index in [1.807, 2.05) is 66.7 Å². The summed E-state index contributed by atoms with van der Waals surface area (Å²) in [6.45, 7) is 9.41. The second-order valence-corrected chi connectivity index (χ2v) is 14.5. The molecular weight excluding hydrogens is 615 g/mol. The summed E-state index contributed by atoms with van der Waals surface area (Å²) >= 11 is 0. The zero-order valence-corrected chi connectivity index (χ0v) is 28.3. The van der Waals surface area contributed by atoms with Gasteiger partial charge in [0.25, 0.3) is 0 Å². The molecule has 3 aromatic heterocycles. The monoisotopic (exact) mass is 647 g/mol. The van der Waals surface area contributed by atoms with Gasteiger partial charge in [-0.05, 0) is 75.5 Å². The molecular formula is C45H33N3O2. The maximum Gasteiger partial charge on any atom is 0.164 e. The Morgan fingerprint density at radius 2 is 1.02 bits per heavy atom. The van der Waals surface area contributed by atoms with E-state index in [-0.39, 0.29) is 10.8 Å². The number of hydrogen-bond donors (Lipinski definition) is 0. The standard InChI is InChI=1S/C45H33N3O2/c1-44(2)34-18-10-8-15-28(34)31-24-33-32-23-27(21-22-37(32)50-39(33)25-35(31)45(44,3)4)42-46-41(26-13-6-5-7-14-26)47-43(48-42)30-17-12-20-38-40(30)29-16-9-11-19-36(29)49-38/h5-25H,1-4H3. The summed E-state index contributed by atoms with van der Waals surface area (Å²) in [5.41, 5.74) is 11.2. The van der Waals surface area contributed by atoms with E-state index in [2.05, 4.69) is 88.4 Å². The first kappa shape index (κ1) is 28.9. The molecule has 0 spiro atoms. The number of furan rings is 2. The summed E-state index contributed by atoms with van der Waals surface area (Å²) in [4.78, 5) is 15.3. The highest BCUT2D eigenvalue weighted by molar-refractivity contribution is 6.12. The van der Waals surface area contributed by atoms with E-state index in [1.165, 1.54) is 22.3 Å². The highest BCUT2D eigenvalue weighted by atomic mass is 16.3. The molecule has 0 saturated carbocycles. The first-order valence-corrected chi connectivity index (χ1v) is 17.1. The quantitative estimate of drug-likeness (QED) is 0.191. The van der Waals surface area contributed by atoms with Crippen LogP contribution >= 0.6 is 0 Å². The molecule has 3 heterocycles. The van der Waals surface area contributed by atoms with Crippen molar-refractivity contribution in [3.8, 4) is 45.3 Å². The van der Waals surface area contributed by atoms with Crippen molar-refractivity contribution >= 4 is 43.9 Å². The Morgan fingerprint density at radius 3 is 1.88 bits per heavy atom. The lowest BCUT2D eigenvalue weighted by Gasteiger charge is -2.48. The van der Waals surface area contributed by atoms with Crippen molar-refractivity contribution in [3.05, 3.63) is 139 Å². The van der Waals surface area contributed by atoms with Crippen LogP contribution in [0.2, 0.25) is 0 Å². The van der Waals surface area contributed by atoms with Crippen LogP contribution in [0.15, 0.2) is 136 Å². The third-order valence-electron chi connectivity index (χ3n) is 11.3. The Morgan fingerprint density at radius 1 is 0.400 bits per heavy atom. The van der Waals surface area contributed by atoms with Crippen LogP contribution in [0.3, 0.4) is 0 Å². The third kappa shape index (κ3) is 4.04. The van der Waals surface area contributed by atoms with E-state index in [9.17, 15) is 0 Å². The molecule has 10 rings (SSSR count). The zero-order chi connectivity index (χ0) is 33.8. The first-order chi connectivity index (χ1) is 24.3. The molecule has 9 aromatic rings. The summed E-state index contributed by atoms with van der Waals surface area (Å²) in [5, 5.41) is 4.14. The van der Waals surface area contributed by atoms with Gasteiger partial charge in [-0.1, -0.05) is 113 Å². The average molecular weight is 648 g/mol. The molecule has 0 bridgehead atoms. The van der Waals surface area contributed by atoms with Crippen LogP contribution in [0, 0.1) is 0 Å². The summed E-state index contributed by atoms with van der Waals surface area (Å²) in [6.07, 6.45) is 0. The van der Waals surface area contributed by atoms with Crippen LogP contribution in [-0.2, 0) is 10.8 Å². The summed E-state index contributed by atoms with van der Waals surface area (Å²) in [7, 11) is 0. The van der Waals surface area contributed by atoms with Gasteiger partial charge in [0.2, 0.25) is 0 Å². The van der Waals surface area contributed by atoms with E-state index in [1.54, 1.807) is 0 Å². The van der Waals surface area contributed by atoms with Crippen molar-refractivity contribution in [2.24, 2.45) is 0 Å². The maximum atomic E-state index is 6.56. The number of hydrogen-bond acceptors (Lipinski definition) is 5. The lowest BCUT2D eigenvalue weighted by molar-refractivity contribution is 0.299. The minimum atomic E-state index is -0.104. The predicted molar refractivity (Wildman–Crippen MR) is 202 cm³/mol. The van der Waals surface area contributed by atoms with Crippen LogP contribution in [-0.4, -0.2) is 15.0 Å². The summed E-state index contributed by atoms with van der Waals surface area (Å²) in [5.74, 6) is 1.81. The Kier molecular flexibility index (Phi) is 5.91. The smallest absolute Gasteiger partial charge is 0.164 e. The van der Waals surface area contributed by atoms with Crippen molar-refractivity contribution in [1.82, 2.24) is 15.0 Å². The summed E-state index contributed by atoms with van der Waals surface area (Å²) in [6, 6.07) is 43.9. The van der Waals surface area contributed by atoms with Gasteiger partial charge in [0.1, 0.15) is 22.3 Å². The van der Waals surface area contributed by atoms with Crippen LogP contribution < -0.4 is 0 Å². The van der Waals surface area contributed by atoms with Gasteiger partial charge in [0.15, 0.2) is 17.5 Å². The number of aromatic nitrogens is 3. The van der Waals surface area contributed by atoms with Crippen molar-refractivity contribution < 1.29 is 8.83 Å². The van der Waals surface area contributed by atoms with Gasteiger partial charge in [-0.2, -0.15) is 0 Å². The van der Waals surface area contributed by atoms with E-state index < -0.39 is 0 Å². The molecule has 0 aliphatic heterocycles. The van der Waals surface area contributed by atoms with Crippen LogP contribution in [0.25, 0.3) is 89.2 Å². The molecule has 0 saturated heterocycles. The van der Waals surface area contributed by atoms with Gasteiger partial charge in [0.05, 0.1) is 0 Å². The highest BCUT2D eigenvalue weighted by Gasteiger charge is 2.46. The fourth-order valence-corrected chi connectivity index (χ4v) is 7.94. The molecule has 50 heavy (non-hydrogen) atoms. The number of benzene rings is 6. The maximum absolute atomic E-state index is 6.56. The minimum Gasteiger partial charge on any atom is -0.456 e. The molecule has 0 N–H and O–H groups in total. The fourth-order valence-electron chi connectivity index (χ4n) is 7.94. The molecule has 0 fully saturated rings.